The summed E-state index contributed by atoms with van der Waals surface area (Å²) in [6.45, 7) is 9.98. The molecule has 3 nitrogen and oxygen atoms in total. The van der Waals surface area contributed by atoms with Crippen LogP contribution in [0.5, 0.6) is 0 Å². The number of hydrogen-bond acceptors (Lipinski definition) is 3. The van der Waals surface area contributed by atoms with Crippen LogP contribution in [-0.2, 0) is 6.54 Å². The molecule has 0 aliphatic heterocycles. The summed E-state index contributed by atoms with van der Waals surface area (Å²) < 4.78 is 5.93. The van der Waals surface area contributed by atoms with Gasteiger partial charge in [-0.25, -0.2) is 0 Å². The number of benzene rings is 1. The number of unbranched alkanes of at least 4 members (excludes halogenated alkanes) is 2. The number of nitrogens with zero attached hydrogens (tertiary/aromatic N) is 1. The maximum absolute atomic E-state index is 5.94. The summed E-state index contributed by atoms with van der Waals surface area (Å²) in [6.07, 6.45) is 6.33. The van der Waals surface area contributed by atoms with E-state index in [1.807, 2.05) is 36.4 Å². The number of halogens is 3. The Hall–Kier alpha value is -0.710. The molecule has 0 spiro atoms. The van der Waals surface area contributed by atoms with Crippen LogP contribution in [0.4, 0.5) is 0 Å². The van der Waals surface area contributed by atoms with Gasteiger partial charge in [-0.05, 0) is 81.8 Å². The molecule has 1 heterocycles. The van der Waals surface area contributed by atoms with E-state index < -0.39 is 0 Å². The van der Waals surface area contributed by atoms with Crippen molar-refractivity contribution < 1.29 is 4.42 Å². The Balaban J connectivity index is 0.00000364. The highest BCUT2D eigenvalue weighted by Gasteiger charge is 2.06. The minimum atomic E-state index is 0. The van der Waals surface area contributed by atoms with Gasteiger partial charge in [-0.3, -0.25) is 0 Å². The van der Waals surface area contributed by atoms with Crippen molar-refractivity contribution in [1.29, 1.82) is 0 Å². The van der Waals surface area contributed by atoms with Crippen molar-refractivity contribution >= 4 is 36.4 Å². The molecule has 0 atom stereocenters. The summed E-state index contributed by atoms with van der Waals surface area (Å²) in [5, 5.41) is 4.25. The molecule has 0 bridgehead atoms. The Morgan fingerprint density at radius 3 is 2.07 bits per heavy atom. The molecule has 1 aromatic carbocycles. The topological polar surface area (TPSA) is 28.4 Å². The highest BCUT2D eigenvalue weighted by molar-refractivity contribution is 6.30. The molecule has 0 aliphatic rings. The average molecular weight is 450 g/mol. The van der Waals surface area contributed by atoms with Gasteiger partial charge in [-0.1, -0.05) is 38.3 Å². The van der Waals surface area contributed by atoms with Crippen LogP contribution in [0.2, 0.25) is 5.02 Å². The maximum atomic E-state index is 5.94. The zero-order chi connectivity index (χ0) is 18.6. The molecule has 0 fully saturated rings. The molecular weight excluding hydrogens is 415 g/mol. The fraction of sp³-hybridized carbons (Fsp3) is 0.545. The van der Waals surface area contributed by atoms with E-state index in [1.165, 1.54) is 51.7 Å². The van der Waals surface area contributed by atoms with Crippen molar-refractivity contribution in [3.8, 4) is 11.3 Å². The third-order valence-corrected chi connectivity index (χ3v) is 4.83. The van der Waals surface area contributed by atoms with Crippen LogP contribution >= 0.6 is 36.4 Å². The molecule has 1 aromatic heterocycles. The summed E-state index contributed by atoms with van der Waals surface area (Å²) in [5.41, 5.74) is 1.06. The van der Waals surface area contributed by atoms with Crippen LogP contribution in [-0.4, -0.2) is 31.1 Å². The molecule has 1 N–H and O–H groups in total. The van der Waals surface area contributed by atoms with Gasteiger partial charge in [0.25, 0.3) is 0 Å². The first-order valence-corrected chi connectivity index (χ1v) is 10.4. The summed E-state index contributed by atoms with van der Waals surface area (Å²) >= 11 is 5.94. The molecule has 0 amide bonds. The predicted octanol–water partition coefficient (Wildman–Crippen LogP) is 6.83. The lowest BCUT2D eigenvalue weighted by Gasteiger charge is -2.21. The van der Waals surface area contributed by atoms with Crippen LogP contribution in [0, 0.1) is 0 Å². The zero-order valence-corrected chi connectivity index (χ0v) is 19.5. The first-order valence-electron chi connectivity index (χ1n) is 10.0. The second-order valence-electron chi connectivity index (χ2n) is 6.85. The maximum Gasteiger partial charge on any atom is 0.134 e. The van der Waals surface area contributed by atoms with E-state index in [0.717, 1.165) is 35.2 Å². The van der Waals surface area contributed by atoms with E-state index >= 15 is 0 Å². The first-order chi connectivity index (χ1) is 12.7. The van der Waals surface area contributed by atoms with E-state index in [-0.39, 0.29) is 24.8 Å². The third kappa shape index (κ3) is 10.2. The number of furan rings is 1. The third-order valence-electron chi connectivity index (χ3n) is 4.57. The summed E-state index contributed by atoms with van der Waals surface area (Å²) in [7, 11) is 0. The molecule has 0 saturated carbocycles. The van der Waals surface area contributed by atoms with Gasteiger partial charge in [-0.15, -0.1) is 24.8 Å². The molecule has 0 aliphatic carbocycles. The van der Waals surface area contributed by atoms with Crippen molar-refractivity contribution in [3.63, 3.8) is 0 Å². The number of hydrogen-bond donors (Lipinski definition) is 1. The van der Waals surface area contributed by atoms with E-state index in [0.29, 0.717) is 0 Å². The van der Waals surface area contributed by atoms with Crippen molar-refractivity contribution in [1.82, 2.24) is 10.2 Å². The van der Waals surface area contributed by atoms with Gasteiger partial charge in [-0.2, -0.15) is 0 Å². The van der Waals surface area contributed by atoms with Gasteiger partial charge in [0.15, 0.2) is 0 Å². The zero-order valence-electron chi connectivity index (χ0n) is 17.1. The number of rotatable bonds is 13. The minimum absolute atomic E-state index is 0. The van der Waals surface area contributed by atoms with Crippen molar-refractivity contribution in [2.45, 2.75) is 52.5 Å². The van der Waals surface area contributed by atoms with Gasteiger partial charge in [0, 0.05) is 10.6 Å². The molecule has 0 radical (unpaired) electrons. The largest absolute Gasteiger partial charge is 0.460 e. The lowest BCUT2D eigenvalue weighted by molar-refractivity contribution is 0.260. The molecule has 6 heteroatoms. The van der Waals surface area contributed by atoms with Crippen LogP contribution in [0.15, 0.2) is 40.8 Å². The molecule has 2 rings (SSSR count). The normalized spacial score (nSPS) is 10.6. The molecule has 160 valence electrons. The quantitative estimate of drug-likeness (QED) is 0.340. The second kappa shape index (κ2) is 16.1. The van der Waals surface area contributed by atoms with Gasteiger partial charge >= 0.3 is 0 Å². The number of nitrogens with one attached hydrogen (secondary N) is 1. The fourth-order valence-corrected chi connectivity index (χ4v) is 3.11. The standard InChI is InChI=1S/C22H33ClN2O.2ClH/c1-3-5-15-25(16-6-4-2)17-7-14-24-18-21-12-13-22(26-21)19-8-10-20(23)11-9-19;;/h8-13,24H,3-7,14-18H2,1-2H3;2*1H. The summed E-state index contributed by atoms with van der Waals surface area (Å²) in [6, 6.07) is 11.8. The van der Waals surface area contributed by atoms with Crippen LogP contribution in [0.1, 0.15) is 51.7 Å². The van der Waals surface area contributed by atoms with Crippen molar-refractivity contribution in [2.24, 2.45) is 0 Å². The molecule has 0 saturated heterocycles. The molecular formula is C22H35Cl3N2O. The Morgan fingerprint density at radius 1 is 0.857 bits per heavy atom. The van der Waals surface area contributed by atoms with Crippen LogP contribution in [0.25, 0.3) is 11.3 Å². The van der Waals surface area contributed by atoms with Crippen molar-refractivity contribution in [3.05, 3.63) is 47.2 Å². The Morgan fingerprint density at radius 2 is 1.46 bits per heavy atom. The Kier molecular flexibility index (Phi) is 15.7. The predicted molar refractivity (Wildman–Crippen MR) is 126 cm³/mol. The molecule has 28 heavy (non-hydrogen) atoms. The fourth-order valence-electron chi connectivity index (χ4n) is 2.98. The highest BCUT2D eigenvalue weighted by atomic mass is 35.5. The first kappa shape index (κ1) is 27.3. The Labute approximate surface area is 188 Å². The van der Waals surface area contributed by atoms with Crippen LogP contribution < -0.4 is 5.32 Å². The molecule has 2 aromatic rings. The van der Waals surface area contributed by atoms with E-state index in [2.05, 4.69) is 24.1 Å². The summed E-state index contributed by atoms with van der Waals surface area (Å²) in [5.74, 6) is 1.87. The average Bonchev–Trinajstić information content (AvgIpc) is 3.12. The highest BCUT2D eigenvalue weighted by Crippen LogP contribution is 2.23. The van der Waals surface area contributed by atoms with Crippen LogP contribution in [0.3, 0.4) is 0 Å². The minimum Gasteiger partial charge on any atom is -0.460 e. The summed E-state index contributed by atoms with van der Waals surface area (Å²) in [4.78, 5) is 2.61. The lowest BCUT2D eigenvalue weighted by Crippen LogP contribution is -2.29. The van der Waals surface area contributed by atoms with Gasteiger partial charge < -0.3 is 14.6 Å². The monoisotopic (exact) mass is 448 g/mol. The van der Waals surface area contributed by atoms with Crippen molar-refractivity contribution in [2.75, 3.05) is 26.2 Å². The second-order valence-corrected chi connectivity index (χ2v) is 7.29. The smallest absolute Gasteiger partial charge is 0.134 e. The van der Waals surface area contributed by atoms with Gasteiger partial charge in [0.1, 0.15) is 11.5 Å². The SMILES string of the molecule is CCCCN(CCCC)CCCNCc1ccc(-c2ccc(Cl)cc2)o1.Cl.Cl. The van der Waals surface area contributed by atoms with E-state index in [9.17, 15) is 0 Å². The van der Waals surface area contributed by atoms with Gasteiger partial charge in [0.2, 0.25) is 0 Å². The molecule has 0 unspecified atom stereocenters. The van der Waals surface area contributed by atoms with E-state index in [1.54, 1.807) is 0 Å². The lowest BCUT2D eigenvalue weighted by atomic mass is 10.2. The Bertz CT molecular complexity index is 608. The van der Waals surface area contributed by atoms with E-state index in [4.69, 9.17) is 16.0 Å². The van der Waals surface area contributed by atoms with Gasteiger partial charge in [0.05, 0.1) is 6.54 Å².